The Hall–Kier alpha value is -2.93. The van der Waals surface area contributed by atoms with Gasteiger partial charge in [0.25, 0.3) is 0 Å². The van der Waals surface area contributed by atoms with Gasteiger partial charge in [0.05, 0.1) is 32.6 Å². The zero-order valence-electron chi connectivity index (χ0n) is 16.7. The molecule has 2 aromatic carbocycles. The third kappa shape index (κ3) is 4.48. The first kappa shape index (κ1) is 19.8. The number of rotatable bonds is 7. The lowest BCUT2D eigenvalue weighted by atomic mass is 10.0. The van der Waals surface area contributed by atoms with E-state index < -0.39 is 0 Å². The second-order valence-electron chi connectivity index (χ2n) is 6.85. The fourth-order valence-electron chi connectivity index (χ4n) is 3.27. The van der Waals surface area contributed by atoms with E-state index in [1.807, 2.05) is 20.2 Å². The highest BCUT2D eigenvalue weighted by Gasteiger charge is 2.19. The van der Waals surface area contributed by atoms with E-state index >= 15 is 0 Å². The molecule has 0 spiro atoms. The molecule has 0 radical (unpaired) electrons. The van der Waals surface area contributed by atoms with E-state index in [9.17, 15) is 4.79 Å². The molecule has 2 amide bonds. The highest BCUT2D eigenvalue weighted by Crippen LogP contribution is 2.30. The minimum atomic E-state index is -0.292. The van der Waals surface area contributed by atoms with E-state index in [0.29, 0.717) is 23.7 Å². The van der Waals surface area contributed by atoms with Crippen molar-refractivity contribution in [3.8, 4) is 17.2 Å². The Kier molecular flexibility index (Phi) is 6.26. The molecular weight excluding hydrogens is 358 g/mol. The second kappa shape index (κ2) is 8.84. The maximum Gasteiger partial charge on any atom is 0.319 e. The van der Waals surface area contributed by atoms with E-state index in [4.69, 9.17) is 14.2 Å². The smallest absolute Gasteiger partial charge is 0.319 e. The molecule has 2 N–H and O–H groups in total. The van der Waals surface area contributed by atoms with E-state index in [0.717, 1.165) is 24.3 Å². The number of benzene rings is 2. The molecule has 0 fully saturated rings. The normalized spacial score (nSPS) is 13.5. The van der Waals surface area contributed by atoms with Gasteiger partial charge in [-0.25, -0.2) is 4.79 Å². The Bertz CT molecular complexity index is 838. The Morgan fingerprint density at radius 2 is 2.00 bits per heavy atom. The van der Waals surface area contributed by atoms with Gasteiger partial charge in [0.2, 0.25) is 0 Å². The summed E-state index contributed by atoms with van der Waals surface area (Å²) < 4.78 is 16.1. The summed E-state index contributed by atoms with van der Waals surface area (Å²) in [5.41, 5.74) is 2.95. The van der Waals surface area contributed by atoms with Crippen LogP contribution in [-0.4, -0.2) is 52.4 Å². The first-order chi connectivity index (χ1) is 13.5. The lowest BCUT2D eigenvalue weighted by Gasteiger charge is -2.25. The molecule has 3 rings (SSSR count). The van der Waals surface area contributed by atoms with Crippen molar-refractivity contribution in [2.24, 2.45) is 0 Å². The van der Waals surface area contributed by atoms with Gasteiger partial charge in [-0.2, -0.15) is 0 Å². The molecule has 7 nitrogen and oxygen atoms in total. The summed E-state index contributed by atoms with van der Waals surface area (Å²) in [6, 6.07) is 11.2. The lowest BCUT2D eigenvalue weighted by molar-refractivity contribution is 0.243. The van der Waals surface area contributed by atoms with Gasteiger partial charge in [-0.3, -0.25) is 0 Å². The van der Waals surface area contributed by atoms with Crippen LogP contribution in [0.25, 0.3) is 0 Å². The van der Waals surface area contributed by atoms with Crippen molar-refractivity contribution in [3.63, 3.8) is 0 Å². The van der Waals surface area contributed by atoms with Gasteiger partial charge in [-0.15, -0.1) is 0 Å². The molecule has 28 heavy (non-hydrogen) atoms. The minimum absolute atomic E-state index is 0.0504. The van der Waals surface area contributed by atoms with Crippen molar-refractivity contribution in [2.75, 3.05) is 46.8 Å². The largest absolute Gasteiger partial charge is 0.497 e. The molecule has 0 aliphatic carbocycles. The molecular formula is C21H27N3O4. The zero-order valence-corrected chi connectivity index (χ0v) is 16.7. The number of likely N-dealkylation sites (N-methyl/N-ethyl adjacent to an activating group) is 1. The van der Waals surface area contributed by atoms with Crippen LogP contribution in [0.3, 0.4) is 0 Å². The lowest BCUT2D eigenvalue weighted by Crippen LogP contribution is -2.37. The average Bonchev–Trinajstić information content (AvgIpc) is 3.16. The standard InChI is InChI=1S/C21H27N3O4/c1-24(2)18(14-5-8-19-15(11-14)9-10-28-19)13-22-21(25)23-17-7-6-16(26-3)12-20(17)27-4/h5-8,11-12,18H,9-10,13H2,1-4H3,(H2,22,23,25). The molecule has 2 aromatic rings. The number of anilines is 1. The van der Waals surface area contributed by atoms with Gasteiger partial charge in [0, 0.05) is 19.0 Å². The fourth-order valence-corrected chi connectivity index (χ4v) is 3.27. The van der Waals surface area contributed by atoms with Crippen molar-refractivity contribution in [1.82, 2.24) is 10.2 Å². The van der Waals surface area contributed by atoms with Crippen LogP contribution in [0.2, 0.25) is 0 Å². The third-order valence-electron chi connectivity index (χ3n) is 4.83. The molecule has 1 unspecified atom stereocenters. The van der Waals surface area contributed by atoms with E-state index in [-0.39, 0.29) is 12.1 Å². The SMILES string of the molecule is COc1ccc(NC(=O)NCC(c2ccc3c(c2)CCO3)N(C)C)c(OC)c1. The van der Waals surface area contributed by atoms with E-state index in [2.05, 4.69) is 27.7 Å². The molecule has 1 aliphatic rings. The Morgan fingerprint density at radius 1 is 1.18 bits per heavy atom. The summed E-state index contributed by atoms with van der Waals surface area (Å²) >= 11 is 0. The summed E-state index contributed by atoms with van der Waals surface area (Å²) in [7, 11) is 7.14. The number of carbonyl (C=O) groups excluding carboxylic acids is 1. The molecule has 150 valence electrons. The monoisotopic (exact) mass is 385 g/mol. The van der Waals surface area contributed by atoms with Gasteiger partial charge >= 0.3 is 6.03 Å². The predicted molar refractivity (Wildman–Crippen MR) is 109 cm³/mol. The summed E-state index contributed by atoms with van der Waals surface area (Å²) in [6.07, 6.45) is 0.925. The van der Waals surface area contributed by atoms with Crippen molar-refractivity contribution in [3.05, 3.63) is 47.5 Å². The topological polar surface area (TPSA) is 72.1 Å². The molecule has 0 aromatic heterocycles. The molecule has 1 aliphatic heterocycles. The third-order valence-corrected chi connectivity index (χ3v) is 4.83. The number of nitrogens with zero attached hydrogens (tertiary/aromatic N) is 1. The minimum Gasteiger partial charge on any atom is -0.497 e. The Morgan fingerprint density at radius 3 is 2.71 bits per heavy atom. The fraction of sp³-hybridized carbons (Fsp3) is 0.381. The van der Waals surface area contributed by atoms with E-state index in [1.54, 1.807) is 32.4 Å². The number of carbonyl (C=O) groups is 1. The number of ether oxygens (including phenoxy) is 3. The molecule has 0 saturated carbocycles. The van der Waals surface area contributed by atoms with Crippen LogP contribution in [0.1, 0.15) is 17.2 Å². The number of amides is 2. The molecule has 1 heterocycles. The molecule has 7 heteroatoms. The van der Waals surface area contributed by atoms with Crippen molar-refractivity contribution in [2.45, 2.75) is 12.5 Å². The molecule has 1 atom stereocenters. The number of hydrogen-bond acceptors (Lipinski definition) is 5. The highest BCUT2D eigenvalue weighted by atomic mass is 16.5. The van der Waals surface area contributed by atoms with Crippen LogP contribution in [0.5, 0.6) is 17.2 Å². The van der Waals surface area contributed by atoms with Gasteiger partial charge in [-0.1, -0.05) is 12.1 Å². The van der Waals surface area contributed by atoms with Gasteiger partial charge in [-0.05, 0) is 43.4 Å². The second-order valence-corrected chi connectivity index (χ2v) is 6.85. The van der Waals surface area contributed by atoms with Crippen LogP contribution >= 0.6 is 0 Å². The maximum absolute atomic E-state index is 12.4. The Balaban J connectivity index is 1.65. The van der Waals surface area contributed by atoms with Crippen molar-refractivity contribution < 1.29 is 19.0 Å². The first-order valence-electron chi connectivity index (χ1n) is 9.20. The van der Waals surface area contributed by atoms with Crippen LogP contribution in [0, 0.1) is 0 Å². The number of methoxy groups -OCH3 is 2. The quantitative estimate of drug-likeness (QED) is 0.766. The molecule has 0 saturated heterocycles. The number of fused-ring (bicyclic) bond motifs is 1. The number of urea groups is 1. The summed E-state index contributed by atoms with van der Waals surface area (Å²) in [5.74, 6) is 2.16. The summed E-state index contributed by atoms with van der Waals surface area (Å²) in [4.78, 5) is 14.5. The van der Waals surface area contributed by atoms with Crippen LogP contribution in [-0.2, 0) is 6.42 Å². The molecule has 0 bridgehead atoms. The number of hydrogen-bond donors (Lipinski definition) is 2. The maximum atomic E-state index is 12.4. The van der Waals surface area contributed by atoms with E-state index in [1.165, 1.54) is 5.56 Å². The van der Waals surface area contributed by atoms with Crippen LogP contribution in [0.15, 0.2) is 36.4 Å². The average molecular weight is 385 g/mol. The number of nitrogens with one attached hydrogen (secondary N) is 2. The predicted octanol–water partition coefficient (Wildman–Crippen LogP) is 3.06. The van der Waals surface area contributed by atoms with Crippen molar-refractivity contribution >= 4 is 11.7 Å². The van der Waals surface area contributed by atoms with Gasteiger partial charge < -0.3 is 29.7 Å². The zero-order chi connectivity index (χ0) is 20.1. The highest BCUT2D eigenvalue weighted by molar-refractivity contribution is 5.91. The van der Waals surface area contributed by atoms with Crippen molar-refractivity contribution in [1.29, 1.82) is 0 Å². The van der Waals surface area contributed by atoms with Crippen LogP contribution in [0.4, 0.5) is 10.5 Å². The van der Waals surface area contributed by atoms with Crippen LogP contribution < -0.4 is 24.8 Å². The first-order valence-corrected chi connectivity index (χ1v) is 9.20. The Labute approximate surface area is 165 Å². The van der Waals surface area contributed by atoms with Gasteiger partial charge in [0.1, 0.15) is 17.2 Å². The summed E-state index contributed by atoms with van der Waals surface area (Å²) in [6.45, 7) is 1.20. The summed E-state index contributed by atoms with van der Waals surface area (Å²) in [5, 5.41) is 5.78. The van der Waals surface area contributed by atoms with Gasteiger partial charge in [0.15, 0.2) is 0 Å².